The van der Waals surface area contributed by atoms with Crippen LogP contribution in [0.3, 0.4) is 0 Å². The van der Waals surface area contributed by atoms with Gasteiger partial charge >= 0.3 is 0 Å². The maximum atomic E-state index is 12.1. The van der Waals surface area contributed by atoms with Gasteiger partial charge in [0.2, 0.25) is 0 Å². The van der Waals surface area contributed by atoms with Crippen LogP contribution < -0.4 is 0 Å². The summed E-state index contributed by atoms with van der Waals surface area (Å²) in [6, 6.07) is 0. The highest BCUT2D eigenvalue weighted by Crippen LogP contribution is 2.33. The Bertz CT molecular complexity index is 505. The lowest BCUT2D eigenvalue weighted by Gasteiger charge is -2.29. The topological polar surface area (TPSA) is 52.1 Å². The number of rotatable bonds is 2. The Labute approximate surface area is 113 Å². The van der Waals surface area contributed by atoms with Gasteiger partial charge in [-0.3, -0.25) is 4.79 Å². The predicted molar refractivity (Wildman–Crippen MR) is 71.1 cm³/mol. The molecule has 1 atom stereocenters. The van der Waals surface area contributed by atoms with E-state index >= 15 is 0 Å². The van der Waals surface area contributed by atoms with E-state index < -0.39 is 0 Å². The Kier molecular flexibility index (Phi) is 3.13. The summed E-state index contributed by atoms with van der Waals surface area (Å²) in [5.41, 5.74) is 1.68. The SMILES string of the molecule is CC1(C)CC(=O)c2cnc(CC3CCOC3)nc2C1. The summed E-state index contributed by atoms with van der Waals surface area (Å²) in [6.07, 6.45) is 5.14. The second-order valence-electron chi connectivity index (χ2n) is 6.52. The van der Waals surface area contributed by atoms with Gasteiger partial charge in [-0.05, 0) is 24.2 Å². The number of hydrogen-bond donors (Lipinski definition) is 0. The summed E-state index contributed by atoms with van der Waals surface area (Å²) < 4.78 is 5.38. The van der Waals surface area contributed by atoms with Gasteiger partial charge < -0.3 is 4.74 Å². The Hall–Kier alpha value is -1.29. The van der Waals surface area contributed by atoms with Crippen molar-refractivity contribution in [3.63, 3.8) is 0 Å². The maximum Gasteiger partial charge on any atom is 0.166 e. The lowest BCUT2D eigenvalue weighted by Crippen LogP contribution is -2.28. The molecule has 0 spiro atoms. The molecule has 1 aromatic heterocycles. The van der Waals surface area contributed by atoms with Crippen molar-refractivity contribution in [2.24, 2.45) is 11.3 Å². The average molecular weight is 260 g/mol. The molecule has 2 heterocycles. The zero-order chi connectivity index (χ0) is 13.5. The van der Waals surface area contributed by atoms with E-state index in [9.17, 15) is 4.79 Å². The number of ketones is 1. The molecule has 0 radical (unpaired) electrons. The number of fused-ring (bicyclic) bond motifs is 1. The van der Waals surface area contributed by atoms with E-state index in [4.69, 9.17) is 4.74 Å². The lowest BCUT2D eigenvalue weighted by atomic mass is 9.76. The zero-order valence-electron chi connectivity index (χ0n) is 11.6. The van der Waals surface area contributed by atoms with E-state index in [0.29, 0.717) is 12.3 Å². The van der Waals surface area contributed by atoms with Crippen molar-refractivity contribution in [2.75, 3.05) is 13.2 Å². The third-order valence-corrected chi connectivity index (χ3v) is 4.00. The minimum atomic E-state index is 0.0200. The maximum absolute atomic E-state index is 12.1. The van der Waals surface area contributed by atoms with Gasteiger partial charge in [-0.2, -0.15) is 0 Å². The van der Waals surface area contributed by atoms with Crippen molar-refractivity contribution in [3.05, 3.63) is 23.3 Å². The summed E-state index contributed by atoms with van der Waals surface area (Å²) in [7, 11) is 0. The normalized spacial score (nSPS) is 25.4. The molecule has 0 amide bonds. The molecule has 19 heavy (non-hydrogen) atoms. The monoisotopic (exact) mass is 260 g/mol. The highest BCUT2D eigenvalue weighted by atomic mass is 16.5. The number of aromatic nitrogens is 2. The first-order valence-electron chi connectivity index (χ1n) is 6.99. The van der Waals surface area contributed by atoms with E-state index in [1.54, 1.807) is 6.20 Å². The minimum Gasteiger partial charge on any atom is -0.381 e. The van der Waals surface area contributed by atoms with E-state index in [0.717, 1.165) is 49.6 Å². The van der Waals surface area contributed by atoms with Crippen molar-refractivity contribution in [3.8, 4) is 0 Å². The molecule has 0 bridgehead atoms. The standard InChI is InChI=1S/C15H20N2O2/c1-15(2)6-12-11(13(18)7-15)8-16-14(17-12)5-10-3-4-19-9-10/h8,10H,3-7,9H2,1-2H3. The second kappa shape index (κ2) is 4.67. The van der Waals surface area contributed by atoms with Gasteiger partial charge in [0.05, 0.1) is 11.3 Å². The molecule has 2 aliphatic rings. The fourth-order valence-corrected chi connectivity index (χ4v) is 2.97. The molecule has 1 saturated heterocycles. The van der Waals surface area contributed by atoms with Gasteiger partial charge in [0, 0.05) is 32.3 Å². The lowest BCUT2D eigenvalue weighted by molar-refractivity contribution is 0.0909. The van der Waals surface area contributed by atoms with Gasteiger partial charge in [-0.1, -0.05) is 13.8 Å². The summed E-state index contributed by atoms with van der Waals surface area (Å²) in [5.74, 6) is 1.58. The summed E-state index contributed by atoms with van der Waals surface area (Å²) in [4.78, 5) is 21.1. The second-order valence-corrected chi connectivity index (χ2v) is 6.52. The molecule has 0 saturated carbocycles. The van der Waals surface area contributed by atoms with Gasteiger partial charge in [0.1, 0.15) is 5.82 Å². The van der Waals surface area contributed by atoms with Crippen LogP contribution in [0.4, 0.5) is 0 Å². The molecule has 1 aromatic rings. The van der Waals surface area contributed by atoms with Gasteiger partial charge in [0.25, 0.3) is 0 Å². The third kappa shape index (κ3) is 2.68. The molecule has 1 unspecified atom stereocenters. The third-order valence-electron chi connectivity index (χ3n) is 4.00. The quantitative estimate of drug-likeness (QED) is 0.818. The molecule has 4 heteroatoms. The molecule has 1 aliphatic carbocycles. The number of carbonyl (C=O) groups is 1. The van der Waals surface area contributed by atoms with Crippen molar-refractivity contribution in [2.45, 2.75) is 39.5 Å². The highest BCUT2D eigenvalue weighted by molar-refractivity contribution is 5.98. The fraction of sp³-hybridized carbons (Fsp3) is 0.667. The van der Waals surface area contributed by atoms with E-state index in [-0.39, 0.29) is 11.2 Å². The molecule has 0 aromatic carbocycles. The Balaban J connectivity index is 1.84. The van der Waals surface area contributed by atoms with Crippen molar-refractivity contribution < 1.29 is 9.53 Å². The summed E-state index contributed by atoms with van der Waals surface area (Å²) in [5, 5.41) is 0. The number of ether oxygens (including phenoxy) is 1. The first-order valence-corrected chi connectivity index (χ1v) is 6.99. The first-order chi connectivity index (χ1) is 9.03. The molecular weight excluding hydrogens is 240 g/mol. The van der Waals surface area contributed by atoms with Gasteiger partial charge in [0.15, 0.2) is 5.78 Å². The summed E-state index contributed by atoms with van der Waals surface area (Å²) >= 11 is 0. The first kappa shape index (κ1) is 12.7. The molecule has 3 rings (SSSR count). The molecule has 1 fully saturated rings. The largest absolute Gasteiger partial charge is 0.381 e. The van der Waals surface area contributed by atoms with Crippen molar-refractivity contribution in [1.29, 1.82) is 0 Å². The molecular formula is C15H20N2O2. The Morgan fingerprint density at radius 3 is 3.00 bits per heavy atom. The zero-order valence-corrected chi connectivity index (χ0v) is 11.6. The van der Waals surface area contributed by atoms with Crippen LogP contribution >= 0.6 is 0 Å². The molecule has 102 valence electrons. The van der Waals surface area contributed by atoms with Crippen LogP contribution in [0.2, 0.25) is 0 Å². The fourth-order valence-electron chi connectivity index (χ4n) is 2.97. The number of carbonyl (C=O) groups excluding carboxylic acids is 1. The van der Waals surface area contributed by atoms with Crippen LogP contribution in [-0.2, 0) is 17.6 Å². The van der Waals surface area contributed by atoms with Crippen LogP contribution in [0.1, 0.15) is 48.6 Å². The van der Waals surface area contributed by atoms with E-state index in [1.165, 1.54) is 0 Å². The van der Waals surface area contributed by atoms with Gasteiger partial charge in [-0.25, -0.2) is 9.97 Å². The van der Waals surface area contributed by atoms with Crippen LogP contribution in [-0.4, -0.2) is 29.0 Å². The van der Waals surface area contributed by atoms with Crippen LogP contribution in [0.25, 0.3) is 0 Å². The van der Waals surface area contributed by atoms with Crippen LogP contribution in [0.5, 0.6) is 0 Å². The van der Waals surface area contributed by atoms with Crippen molar-refractivity contribution >= 4 is 5.78 Å². The number of Topliss-reactive ketones (excluding diaryl/α,β-unsaturated/α-hetero) is 1. The predicted octanol–water partition coefficient (Wildman–Crippen LogP) is 2.21. The number of nitrogens with zero attached hydrogens (tertiary/aromatic N) is 2. The van der Waals surface area contributed by atoms with Crippen molar-refractivity contribution in [1.82, 2.24) is 9.97 Å². The van der Waals surface area contributed by atoms with Crippen LogP contribution in [0, 0.1) is 11.3 Å². The molecule has 4 nitrogen and oxygen atoms in total. The van der Waals surface area contributed by atoms with E-state index in [2.05, 4.69) is 23.8 Å². The molecule has 0 N–H and O–H groups in total. The summed E-state index contributed by atoms with van der Waals surface area (Å²) in [6.45, 7) is 5.91. The smallest absolute Gasteiger partial charge is 0.166 e. The highest BCUT2D eigenvalue weighted by Gasteiger charge is 2.32. The van der Waals surface area contributed by atoms with Gasteiger partial charge in [-0.15, -0.1) is 0 Å². The average Bonchev–Trinajstić information content (AvgIpc) is 2.79. The van der Waals surface area contributed by atoms with Crippen LogP contribution in [0.15, 0.2) is 6.20 Å². The minimum absolute atomic E-state index is 0.0200. The number of hydrogen-bond acceptors (Lipinski definition) is 4. The Morgan fingerprint density at radius 2 is 2.26 bits per heavy atom. The van der Waals surface area contributed by atoms with E-state index in [1.807, 2.05) is 0 Å². The molecule has 1 aliphatic heterocycles. The Morgan fingerprint density at radius 1 is 1.42 bits per heavy atom.